The number of hydrogen-bond acceptors (Lipinski definition) is 5. The molecule has 0 aliphatic rings. The third kappa shape index (κ3) is 4.02. The van der Waals surface area contributed by atoms with Crippen molar-refractivity contribution in [3.8, 4) is 11.5 Å². The van der Waals surface area contributed by atoms with Gasteiger partial charge in [-0.2, -0.15) is 5.10 Å². The highest BCUT2D eigenvalue weighted by molar-refractivity contribution is 7.89. The molecule has 0 saturated heterocycles. The molecular weight excluding hydrogens is 318 g/mol. The summed E-state index contributed by atoms with van der Waals surface area (Å²) in [5.41, 5.74) is 1.89. The summed E-state index contributed by atoms with van der Waals surface area (Å²) in [4.78, 5) is 0.0779. The maximum absolute atomic E-state index is 12.4. The highest BCUT2D eigenvalue weighted by Gasteiger charge is 2.19. The van der Waals surface area contributed by atoms with Gasteiger partial charge in [0.2, 0.25) is 10.0 Å². The van der Waals surface area contributed by atoms with E-state index in [1.165, 1.54) is 26.4 Å². The van der Waals surface area contributed by atoms with E-state index in [1.807, 2.05) is 19.9 Å². The predicted octanol–water partition coefficient (Wildman–Crippen LogP) is 1.50. The molecule has 0 radical (unpaired) electrons. The molecule has 1 heterocycles. The Morgan fingerprint density at radius 1 is 1.17 bits per heavy atom. The van der Waals surface area contributed by atoms with Crippen LogP contribution in [0.3, 0.4) is 0 Å². The Hall–Kier alpha value is -2.06. The summed E-state index contributed by atoms with van der Waals surface area (Å²) in [6, 6.07) is 6.53. The first-order valence-corrected chi connectivity index (χ1v) is 8.58. The van der Waals surface area contributed by atoms with Gasteiger partial charge in [0, 0.05) is 18.3 Å². The minimum absolute atomic E-state index is 0.0779. The second-order valence-corrected chi connectivity index (χ2v) is 6.80. The van der Waals surface area contributed by atoms with Crippen LogP contribution in [0.15, 0.2) is 29.2 Å². The van der Waals surface area contributed by atoms with Gasteiger partial charge in [0.1, 0.15) is 16.4 Å². The van der Waals surface area contributed by atoms with E-state index in [0.29, 0.717) is 12.3 Å². The lowest BCUT2D eigenvalue weighted by Gasteiger charge is -2.12. The van der Waals surface area contributed by atoms with E-state index in [-0.39, 0.29) is 17.2 Å². The Labute approximate surface area is 136 Å². The zero-order valence-corrected chi connectivity index (χ0v) is 14.5. The molecule has 1 aromatic carbocycles. The molecule has 0 aliphatic heterocycles. The molecule has 0 bridgehead atoms. The van der Waals surface area contributed by atoms with Crippen molar-refractivity contribution in [1.29, 1.82) is 0 Å². The van der Waals surface area contributed by atoms with Crippen LogP contribution in [0.25, 0.3) is 0 Å². The average Bonchev–Trinajstić information content (AvgIpc) is 2.84. The maximum Gasteiger partial charge on any atom is 0.244 e. The van der Waals surface area contributed by atoms with Crippen LogP contribution in [0.4, 0.5) is 0 Å². The average molecular weight is 339 g/mol. The summed E-state index contributed by atoms with van der Waals surface area (Å²) in [6.45, 7) is 4.52. The van der Waals surface area contributed by atoms with Crippen molar-refractivity contribution >= 4 is 10.0 Å². The lowest BCUT2D eigenvalue weighted by atomic mass is 10.3. The lowest BCUT2D eigenvalue weighted by Crippen LogP contribution is -2.28. The van der Waals surface area contributed by atoms with Gasteiger partial charge in [0.15, 0.2) is 0 Å². The number of sulfonamides is 1. The molecule has 0 fully saturated rings. The zero-order valence-electron chi connectivity index (χ0n) is 13.7. The molecule has 8 heteroatoms. The molecule has 23 heavy (non-hydrogen) atoms. The quantitative estimate of drug-likeness (QED) is 0.826. The summed E-state index contributed by atoms with van der Waals surface area (Å²) in [7, 11) is -0.746. The first kappa shape index (κ1) is 17.3. The van der Waals surface area contributed by atoms with E-state index >= 15 is 0 Å². The minimum atomic E-state index is -3.68. The lowest BCUT2D eigenvalue weighted by molar-refractivity contribution is 0.386. The minimum Gasteiger partial charge on any atom is -0.497 e. The van der Waals surface area contributed by atoms with Crippen molar-refractivity contribution in [2.75, 3.05) is 20.8 Å². The zero-order chi connectivity index (χ0) is 17.0. The van der Waals surface area contributed by atoms with Crippen LogP contribution in [-0.2, 0) is 16.6 Å². The first-order valence-electron chi connectivity index (χ1n) is 7.10. The molecule has 0 amide bonds. The number of methoxy groups -OCH3 is 2. The number of ether oxygens (including phenoxy) is 2. The molecule has 1 N–H and O–H groups in total. The van der Waals surface area contributed by atoms with E-state index in [4.69, 9.17) is 9.47 Å². The Kier molecular flexibility index (Phi) is 5.27. The Balaban J connectivity index is 2.11. The van der Waals surface area contributed by atoms with E-state index in [2.05, 4.69) is 9.82 Å². The smallest absolute Gasteiger partial charge is 0.244 e. The van der Waals surface area contributed by atoms with Gasteiger partial charge in [0.05, 0.1) is 26.5 Å². The van der Waals surface area contributed by atoms with E-state index in [0.717, 1.165) is 11.4 Å². The molecule has 0 aliphatic carbocycles. The fraction of sp³-hybridized carbons (Fsp3) is 0.400. The third-order valence-electron chi connectivity index (χ3n) is 3.38. The molecule has 0 unspecified atom stereocenters. The summed E-state index contributed by atoms with van der Waals surface area (Å²) in [5, 5.41) is 4.30. The second kappa shape index (κ2) is 7.01. The van der Waals surface area contributed by atoms with Crippen LogP contribution in [0, 0.1) is 13.8 Å². The molecule has 2 rings (SSSR count). The maximum atomic E-state index is 12.4. The molecule has 7 nitrogen and oxygen atoms in total. The van der Waals surface area contributed by atoms with E-state index in [9.17, 15) is 8.42 Å². The first-order chi connectivity index (χ1) is 10.9. The highest BCUT2D eigenvalue weighted by Crippen LogP contribution is 2.28. The van der Waals surface area contributed by atoms with Gasteiger partial charge in [0.25, 0.3) is 0 Å². The second-order valence-electron chi connectivity index (χ2n) is 5.06. The van der Waals surface area contributed by atoms with Crippen LogP contribution in [0.5, 0.6) is 11.5 Å². The highest BCUT2D eigenvalue weighted by atomic mass is 32.2. The van der Waals surface area contributed by atoms with Gasteiger partial charge in [-0.25, -0.2) is 13.1 Å². The summed E-state index contributed by atoms with van der Waals surface area (Å²) >= 11 is 0. The van der Waals surface area contributed by atoms with Crippen LogP contribution < -0.4 is 14.2 Å². The van der Waals surface area contributed by atoms with Crippen molar-refractivity contribution in [3.05, 3.63) is 35.7 Å². The predicted molar refractivity (Wildman–Crippen MR) is 86.4 cm³/mol. The fourth-order valence-electron chi connectivity index (χ4n) is 2.26. The molecule has 2 aromatic rings. The normalized spacial score (nSPS) is 11.5. The number of nitrogens with one attached hydrogen (secondary N) is 1. The van der Waals surface area contributed by atoms with Crippen molar-refractivity contribution in [2.45, 2.75) is 25.3 Å². The number of aryl methyl sites for hydroxylation is 2. The number of rotatable bonds is 7. The van der Waals surface area contributed by atoms with Crippen molar-refractivity contribution in [3.63, 3.8) is 0 Å². The molecule has 0 saturated carbocycles. The van der Waals surface area contributed by atoms with Crippen LogP contribution in [-0.4, -0.2) is 39.0 Å². The van der Waals surface area contributed by atoms with Gasteiger partial charge in [-0.1, -0.05) is 0 Å². The number of nitrogens with zero attached hydrogens (tertiary/aromatic N) is 2. The summed E-state index contributed by atoms with van der Waals surface area (Å²) < 4.78 is 39.4. The molecule has 126 valence electrons. The third-order valence-corrected chi connectivity index (χ3v) is 4.88. The van der Waals surface area contributed by atoms with Gasteiger partial charge < -0.3 is 9.47 Å². The largest absolute Gasteiger partial charge is 0.497 e. The Morgan fingerprint density at radius 2 is 1.91 bits per heavy atom. The fourth-order valence-corrected chi connectivity index (χ4v) is 3.43. The Bertz CT molecular complexity index is 784. The molecule has 0 spiro atoms. The van der Waals surface area contributed by atoms with Gasteiger partial charge in [-0.3, -0.25) is 4.68 Å². The van der Waals surface area contributed by atoms with Crippen molar-refractivity contribution < 1.29 is 17.9 Å². The number of aromatic nitrogens is 2. The van der Waals surface area contributed by atoms with Gasteiger partial charge >= 0.3 is 0 Å². The van der Waals surface area contributed by atoms with Crippen molar-refractivity contribution in [2.24, 2.45) is 0 Å². The standard InChI is InChI=1S/C15H21N3O4S/c1-11-9-12(2)18(17-11)8-7-16-23(19,20)15-6-5-13(21-3)10-14(15)22-4/h5-6,9-10,16H,7-8H2,1-4H3. The van der Waals surface area contributed by atoms with Crippen molar-refractivity contribution in [1.82, 2.24) is 14.5 Å². The van der Waals surface area contributed by atoms with Crippen LogP contribution in [0.1, 0.15) is 11.4 Å². The SMILES string of the molecule is COc1ccc(S(=O)(=O)NCCn2nc(C)cc2C)c(OC)c1. The van der Waals surface area contributed by atoms with E-state index < -0.39 is 10.0 Å². The summed E-state index contributed by atoms with van der Waals surface area (Å²) in [6.07, 6.45) is 0. The van der Waals surface area contributed by atoms with Crippen LogP contribution >= 0.6 is 0 Å². The van der Waals surface area contributed by atoms with Gasteiger partial charge in [-0.15, -0.1) is 0 Å². The summed E-state index contributed by atoms with van der Waals surface area (Å²) in [5.74, 6) is 0.770. The monoisotopic (exact) mass is 339 g/mol. The van der Waals surface area contributed by atoms with Crippen LogP contribution in [0.2, 0.25) is 0 Å². The number of benzene rings is 1. The molecular formula is C15H21N3O4S. The topological polar surface area (TPSA) is 82.5 Å². The molecule has 1 aromatic heterocycles. The number of hydrogen-bond donors (Lipinski definition) is 1. The van der Waals surface area contributed by atoms with E-state index in [1.54, 1.807) is 10.7 Å². The molecule has 0 atom stereocenters. The van der Waals surface area contributed by atoms with Gasteiger partial charge in [-0.05, 0) is 32.0 Å². The Morgan fingerprint density at radius 3 is 2.48 bits per heavy atom.